The number of unbranched alkanes of at least 4 members (excludes halogenated alkanes) is 1. The van der Waals surface area contributed by atoms with Crippen molar-refractivity contribution in [3.8, 4) is 0 Å². The highest BCUT2D eigenvalue weighted by molar-refractivity contribution is 5.73. The first-order valence-electron chi connectivity index (χ1n) is 9.01. The molecule has 1 heterocycles. The van der Waals surface area contributed by atoms with E-state index in [-0.39, 0.29) is 11.8 Å². The Morgan fingerprint density at radius 3 is 2.67 bits per heavy atom. The second-order valence-electron chi connectivity index (χ2n) is 7.15. The SMILES string of the molecule is CC1CC(C)CN(CCCCNC(=O)NCc2cccc(F)c2)C1. The largest absolute Gasteiger partial charge is 0.338 e. The molecule has 1 saturated heterocycles. The third-order valence-electron chi connectivity index (χ3n) is 4.47. The average Bonchev–Trinajstić information content (AvgIpc) is 2.52. The number of urea groups is 1. The van der Waals surface area contributed by atoms with Gasteiger partial charge in [-0.2, -0.15) is 0 Å². The maximum atomic E-state index is 13.0. The van der Waals surface area contributed by atoms with Crippen LogP contribution >= 0.6 is 0 Å². The molecule has 4 nitrogen and oxygen atoms in total. The number of likely N-dealkylation sites (tertiary alicyclic amines) is 1. The van der Waals surface area contributed by atoms with Crippen LogP contribution in [-0.2, 0) is 6.54 Å². The number of rotatable bonds is 7. The maximum Gasteiger partial charge on any atom is 0.315 e. The molecule has 0 spiro atoms. The first-order chi connectivity index (χ1) is 11.5. The lowest BCUT2D eigenvalue weighted by Crippen LogP contribution is -2.39. The molecule has 0 aromatic heterocycles. The van der Waals surface area contributed by atoms with E-state index in [1.807, 2.05) is 0 Å². The number of nitrogens with one attached hydrogen (secondary N) is 2. The van der Waals surface area contributed by atoms with Crippen molar-refractivity contribution in [2.45, 2.75) is 39.7 Å². The fraction of sp³-hybridized carbons (Fsp3) is 0.632. The van der Waals surface area contributed by atoms with E-state index in [1.54, 1.807) is 12.1 Å². The lowest BCUT2D eigenvalue weighted by Gasteiger charge is -2.34. The molecule has 134 valence electrons. The Morgan fingerprint density at radius 2 is 1.96 bits per heavy atom. The van der Waals surface area contributed by atoms with Gasteiger partial charge in [-0.05, 0) is 55.3 Å². The molecule has 24 heavy (non-hydrogen) atoms. The number of halogens is 1. The normalized spacial score (nSPS) is 21.5. The van der Waals surface area contributed by atoms with E-state index in [2.05, 4.69) is 29.4 Å². The smallest absolute Gasteiger partial charge is 0.315 e. The first-order valence-corrected chi connectivity index (χ1v) is 9.01. The van der Waals surface area contributed by atoms with Crippen molar-refractivity contribution in [3.05, 3.63) is 35.6 Å². The molecule has 1 aromatic rings. The van der Waals surface area contributed by atoms with Crippen molar-refractivity contribution in [3.63, 3.8) is 0 Å². The number of hydrogen-bond donors (Lipinski definition) is 2. The Morgan fingerprint density at radius 1 is 1.21 bits per heavy atom. The number of benzene rings is 1. The lowest BCUT2D eigenvalue weighted by atomic mass is 9.92. The zero-order valence-corrected chi connectivity index (χ0v) is 14.9. The van der Waals surface area contributed by atoms with Gasteiger partial charge in [0.1, 0.15) is 5.82 Å². The first kappa shape index (κ1) is 18.7. The summed E-state index contributed by atoms with van der Waals surface area (Å²) in [6.45, 7) is 9.18. The highest BCUT2D eigenvalue weighted by atomic mass is 19.1. The van der Waals surface area contributed by atoms with Gasteiger partial charge in [-0.3, -0.25) is 0 Å². The minimum Gasteiger partial charge on any atom is -0.338 e. The van der Waals surface area contributed by atoms with Crippen LogP contribution in [0.2, 0.25) is 0 Å². The maximum absolute atomic E-state index is 13.0. The Hall–Kier alpha value is -1.62. The van der Waals surface area contributed by atoms with Crippen LogP contribution in [0, 0.1) is 17.7 Å². The van der Waals surface area contributed by atoms with Crippen molar-refractivity contribution in [1.82, 2.24) is 15.5 Å². The van der Waals surface area contributed by atoms with Crippen LogP contribution in [0.25, 0.3) is 0 Å². The van der Waals surface area contributed by atoms with Crippen molar-refractivity contribution in [2.75, 3.05) is 26.2 Å². The molecule has 1 aliphatic rings. The Kier molecular flexibility index (Phi) is 7.50. The molecule has 1 aromatic carbocycles. The minimum absolute atomic E-state index is 0.195. The number of carbonyl (C=O) groups is 1. The molecule has 2 amide bonds. The van der Waals surface area contributed by atoms with Gasteiger partial charge >= 0.3 is 6.03 Å². The van der Waals surface area contributed by atoms with Crippen LogP contribution in [0.4, 0.5) is 9.18 Å². The Balaban J connectivity index is 1.53. The molecule has 0 aliphatic carbocycles. The molecule has 0 bridgehead atoms. The summed E-state index contributed by atoms with van der Waals surface area (Å²) in [4.78, 5) is 14.3. The highest BCUT2D eigenvalue weighted by Gasteiger charge is 2.20. The lowest BCUT2D eigenvalue weighted by molar-refractivity contribution is 0.139. The predicted molar refractivity (Wildman–Crippen MR) is 95.3 cm³/mol. The fourth-order valence-electron chi connectivity index (χ4n) is 3.53. The summed E-state index contributed by atoms with van der Waals surface area (Å²) in [6, 6.07) is 6.07. The molecule has 2 rings (SSSR count). The van der Waals surface area contributed by atoms with Gasteiger partial charge in [0.15, 0.2) is 0 Å². The van der Waals surface area contributed by atoms with Crippen LogP contribution in [0.3, 0.4) is 0 Å². The number of hydrogen-bond acceptors (Lipinski definition) is 2. The second kappa shape index (κ2) is 9.62. The van der Waals surface area contributed by atoms with Crippen LogP contribution in [0.1, 0.15) is 38.7 Å². The Bertz CT molecular complexity index is 513. The van der Waals surface area contributed by atoms with E-state index >= 15 is 0 Å². The van der Waals surface area contributed by atoms with Gasteiger partial charge in [0.2, 0.25) is 0 Å². The summed E-state index contributed by atoms with van der Waals surface area (Å²) in [5.74, 6) is 1.30. The van der Waals surface area contributed by atoms with Crippen LogP contribution in [-0.4, -0.2) is 37.1 Å². The van der Waals surface area contributed by atoms with E-state index in [1.165, 1.54) is 31.6 Å². The van der Waals surface area contributed by atoms with Gasteiger partial charge in [-0.25, -0.2) is 9.18 Å². The quantitative estimate of drug-likeness (QED) is 0.750. The molecule has 0 saturated carbocycles. The number of piperidine rings is 1. The molecule has 0 radical (unpaired) electrons. The predicted octanol–water partition coefficient (Wildman–Crippen LogP) is 3.38. The highest BCUT2D eigenvalue weighted by Crippen LogP contribution is 2.20. The third kappa shape index (κ3) is 6.87. The van der Waals surface area contributed by atoms with Crippen LogP contribution < -0.4 is 10.6 Å². The molecule has 2 N–H and O–H groups in total. The third-order valence-corrected chi connectivity index (χ3v) is 4.47. The molecule has 2 unspecified atom stereocenters. The summed E-state index contributed by atoms with van der Waals surface area (Å²) in [5, 5.41) is 5.61. The standard InChI is InChI=1S/C19H30FN3O/c1-15-10-16(2)14-23(13-15)9-4-3-8-21-19(24)22-12-17-6-5-7-18(20)11-17/h5-7,11,15-16H,3-4,8-10,12-14H2,1-2H3,(H2,21,22,24). The topological polar surface area (TPSA) is 44.4 Å². The van der Waals surface area contributed by atoms with Crippen LogP contribution in [0.15, 0.2) is 24.3 Å². The summed E-state index contributed by atoms with van der Waals surface area (Å²) < 4.78 is 13.0. The summed E-state index contributed by atoms with van der Waals surface area (Å²) >= 11 is 0. The van der Waals surface area contributed by atoms with Crippen molar-refractivity contribution < 1.29 is 9.18 Å². The molecule has 2 atom stereocenters. The molecule has 1 aliphatic heterocycles. The van der Waals surface area contributed by atoms with Gasteiger partial charge in [0.25, 0.3) is 0 Å². The zero-order valence-electron chi connectivity index (χ0n) is 14.9. The summed E-state index contributed by atoms with van der Waals surface area (Å²) in [6.07, 6.45) is 3.42. The summed E-state index contributed by atoms with van der Waals surface area (Å²) in [5.41, 5.74) is 0.762. The van der Waals surface area contributed by atoms with Gasteiger partial charge in [0, 0.05) is 26.2 Å². The van der Waals surface area contributed by atoms with E-state index in [0.717, 1.165) is 36.8 Å². The van der Waals surface area contributed by atoms with Gasteiger partial charge in [-0.1, -0.05) is 26.0 Å². The Labute approximate surface area is 144 Å². The van der Waals surface area contributed by atoms with E-state index < -0.39 is 0 Å². The zero-order chi connectivity index (χ0) is 17.4. The van der Waals surface area contributed by atoms with Crippen molar-refractivity contribution in [2.24, 2.45) is 11.8 Å². The summed E-state index contributed by atoms with van der Waals surface area (Å²) in [7, 11) is 0. The molecular formula is C19H30FN3O. The number of carbonyl (C=O) groups excluding carboxylic acids is 1. The molecule has 1 fully saturated rings. The number of amides is 2. The van der Waals surface area contributed by atoms with Gasteiger partial charge in [-0.15, -0.1) is 0 Å². The van der Waals surface area contributed by atoms with Crippen LogP contribution in [0.5, 0.6) is 0 Å². The van der Waals surface area contributed by atoms with E-state index in [4.69, 9.17) is 0 Å². The second-order valence-corrected chi connectivity index (χ2v) is 7.15. The average molecular weight is 335 g/mol. The molecule has 5 heteroatoms. The van der Waals surface area contributed by atoms with Crippen molar-refractivity contribution >= 4 is 6.03 Å². The number of nitrogens with zero attached hydrogens (tertiary/aromatic N) is 1. The molecular weight excluding hydrogens is 305 g/mol. The van der Waals surface area contributed by atoms with Gasteiger partial charge in [0.05, 0.1) is 0 Å². The van der Waals surface area contributed by atoms with Crippen molar-refractivity contribution in [1.29, 1.82) is 0 Å². The monoisotopic (exact) mass is 335 g/mol. The minimum atomic E-state index is -0.281. The van der Waals surface area contributed by atoms with E-state index in [9.17, 15) is 9.18 Å². The van der Waals surface area contributed by atoms with Gasteiger partial charge < -0.3 is 15.5 Å². The van der Waals surface area contributed by atoms with E-state index in [0.29, 0.717) is 13.1 Å². The fourth-order valence-corrected chi connectivity index (χ4v) is 3.53.